The van der Waals surface area contributed by atoms with E-state index in [0.29, 0.717) is 24.6 Å². The van der Waals surface area contributed by atoms with Crippen LogP contribution in [0.2, 0.25) is 25.7 Å². The number of nitro groups is 1. The maximum absolute atomic E-state index is 11.2. The highest BCUT2D eigenvalue weighted by Crippen LogP contribution is 2.29. The van der Waals surface area contributed by atoms with E-state index in [1.165, 1.54) is 10.9 Å². The third-order valence-electron chi connectivity index (χ3n) is 3.74. The van der Waals surface area contributed by atoms with E-state index >= 15 is 0 Å². The summed E-state index contributed by atoms with van der Waals surface area (Å²) in [5.74, 6) is 0.558. The topological polar surface area (TPSA) is 73.6 Å². The normalized spacial score (nSPS) is 11.3. The number of nitro benzene ring substituents is 1. The number of anilines is 1. The molecule has 6 nitrogen and oxygen atoms in total. The Balaban J connectivity index is 1.88. The molecule has 0 amide bonds. The highest BCUT2D eigenvalue weighted by Gasteiger charge is 2.15. The van der Waals surface area contributed by atoms with Crippen LogP contribution in [0, 0.1) is 10.1 Å². The van der Waals surface area contributed by atoms with Gasteiger partial charge in [-0.1, -0.05) is 25.7 Å². The molecule has 0 aliphatic rings. The van der Waals surface area contributed by atoms with Crippen molar-refractivity contribution in [3.8, 4) is 5.75 Å². The lowest BCUT2D eigenvalue weighted by atomic mass is 10.2. The predicted molar refractivity (Wildman–Crippen MR) is 109 cm³/mol. The fourth-order valence-electron chi connectivity index (χ4n) is 2.23. The predicted octanol–water partition coefficient (Wildman–Crippen LogP) is 5.00. The van der Waals surface area contributed by atoms with Crippen molar-refractivity contribution in [2.45, 2.75) is 32.1 Å². The lowest BCUT2D eigenvalue weighted by Gasteiger charge is -2.15. The van der Waals surface area contributed by atoms with Crippen molar-refractivity contribution in [1.82, 2.24) is 0 Å². The number of hydrogen-bond acceptors (Lipinski definition) is 6. The highest BCUT2D eigenvalue weighted by molar-refractivity contribution is 7.09. The average Bonchev–Trinajstić information content (AvgIpc) is 3.07. The van der Waals surface area contributed by atoms with Gasteiger partial charge in [-0.15, -0.1) is 11.3 Å². The van der Waals surface area contributed by atoms with Crippen molar-refractivity contribution in [2.24, 2.45) is 0 Å². The van der Waals surface area contributed by atoms with E-state index < -0.39 is 8.07 Å². The van der Waals surface area contributed by atoms with Crippen LogP contribution in [0.15, 0.2) is 35.7 Å². The van der Waals surface area contributed by atoms with Crippen molar-refractivity contribution < 1.29 is 14.4 Å². The quantitative estimate of drug-likeness (QED) is 0.191. The number of thiophene rings is 1. The largest absolute Gasteiger partial charge is 0.467 e. The molecule has 2 aromatic rings. The SMILES string of the molecule is C[Si](C)(C)CCOCOc1ccc([N+](=O)[O-])c(NCCc2cccs2)c1. The van der Waals surface area contributed by atoms with E-state index in [9.17, 15) is 10.1 Å². The van der Waals surface area contributed by atoms with Gasteiger partial charge in [0.15, 0.2) is 6.79 Å². The van der Waals surface area contributed by atoms with Crippen molar-refractivity contribution in [3.63, 3.8) is 0 Å². The minimum absolute atomic E-state index is 0.0446. The second-order valence-electron chi connectivity index (χ2n) is 7.17. The van der Waals surface area contributed by atoms with E-state index in [-0.39, 0.29) is 17.4 Å². The second-order valence-corrected chi connectivity index (χ2v) is 13.8. The van der Waals surface area contributed by atoms with Crippen LogP contribution in [-0.4, -0.2) is 32.9 Å². The summed E-state index contributed by atoms with van der Waals surface area (Å²) in [6, 6.07) is 9.85. The standard InChI is InChI=1S/C18H26N2O4SSi/c1-26(2,3)12-10-23-14-24-15-6-7-18(20(21)22)17(13-15)19-9-8-16-5-4-11-25-16/h4-7,11,13,19H,8-10,12,14H2,1-3H3. The summed E-state index contributed by atoms with van der Waals surface area (Å²) in [6.45, 7) is 8.33. The number of ether oxygens (including phenoxy) is 2. The molecule has 0 saturated carbocycles. The van der Waals surface area contributed by atoms with Crippen LogP contribution < -0.4 is 10.1 Å². The fraction of sp³-hybridized carbons (Fsp3) is 0.444. The van der Waals surface area contributed by atoms with Crippen molar-refractivity contribution in [3.05, 3.63) is 50.7 Å². The molecule has 8 heteroatoms. The van der Waals surface area contributed by atoms with Crippen molar-refractivity contribution in [2.75, 3.05) is 25.3 Å². The maximum atomic E-state index is 11.2. The lowest BCUT2D eigenvalue weighted by Crippen LogP contribution is -2.22. The first kappa shape index (κ1) is 20.4. The summed E-state index contributed by atoms with van der Waals surface area (Å²) in [7, 11) is -1.12. The van der Waals surface area contributed by atoms with Crippen LogP contribution in [0.4, 0.5) is 11.4 Å². The molecule has 1 aromatic carbocycles. The first-order valence-corrected chi connectivity index (χ1v) is 13.2. The van der Waals surface area contributed by atoms with Gasteiger partial charge in [0.25, 0.3) is 5.69 Å². The van der Waals surface area contributed by atoms with Gasteiger partial charge in [-0.2, -0.15) is 0 Å². The minimum atomic E-state index is -1.12. The summed E-state index contributed by atoms with van der Waals surface area (Å²) in [5, 5.41) is 16.4. The first-order chi connectivity index (χ1) is 12.3. The zero-order valence-corrected chi connectivity index (χ0v) is 17.3. The Bertz CT molecular complexity index is 702. The molecule has 1 N–H and O–H groups in total. The van der Waals surface area contributed by atoms with Gasteiger partial charge in [0.05, 0.1) is 4.92 Å². The fourth-order valence-corrected chi connectivity index (χ4v) is 3.69. The Labute approximate surface area is 159 Å². The van der Waals surface area contributed by atoms with Crippen LogP contribution in [-0.2, 0) is 11.2 Å². The molecule has 0 aliphatic carbocycles. The lowest BCUT2D eigenvalue weighted by molar-refractivity contribution is -0.384. The molecule has 0 bridgehead atoms. The van der Waals surface area contributed by atoms with Gasteiger partial charge in [-0.3, -0.25) is 10.1 Å². The van der Waals surface area contributed by atoms with Crippen LogP contribution >= 0.6 is 11.3 Å². The maximum Gasteiger partial charge on any atom is 0.292 e. The third-order valence-corrected chi connectivity index (χ3v) is 6.38. The van der Waals surface area contributed by atoms with Crippen LogP contribution in [0.1, 0.15) is 4.88 Å². The van der Waals surface area contributed by atoms with Gasteiger partial charge in [0.2, 0.25) is 0 Å². The smallest absolute Gasteiger partial charge is 0.292 e. The molecule has 0 aliphatic heterocycles. The molecule has 1 heterocycles. The Morgan fingerprint density at radius 3 is 2.73 bits per heavy atom. The Morgan fingerprint density at radius 1 is 1.27 bits per heavy atom. The van der Waals surface area contributed by atoms with E-state index in [2.05, 4.69) is 31.0 Å². The molecule has 142 valence electrons. The van der Waals surface area contributed by atoms with E-state index in [0.717, 1.165) is 12.5 Å². The molecule has 0 radical (unpaired) electrons. The summed E-state index contributed by atoms with van der Waals surface area (Å²) in [4.78, 5) is 12.1. The average molecular weight is 395 g/mol. The Kier molecular flexibility index (Phi) is 7.61. The molecule has 0 fully saturated rings. The second kappa shape index (κ2) is 9.70. The summed E-state index contributed by atoms with van der Waals surface area (Å²) < 4.78 is 11.1. The highest BCUT2D eigenvalue weighted by atomic mass is 32.1. The van der Waals surface area contributed by atoms with Gasteiger partial charge in [-0.25, -0.2) is 0 Å². The van der Waals surface area contributed by atoms with Gasteiger partial charge in [0, 0.05) is 38.2 Å². The van der Waals surface area contributed by atoms with Crippen LogP contribution in [0.25, 0.3) is 0 Å². The monoisotopic (exact) mass is 394 g/mol. The number of benzene rings is 1. The number of rotatable bonds is 11. The van der Waals surface area contributed by atoms with Crippen LogP contribution in [0.5, 0.6) is 5.75 Å². The zero-order chi connectivity index (χ0) is 19.0. The first-order valence-electron chi connectivity index (χ1n) is 8.60. The molecule has 0 spiro atoms. The summed E-state index contributed by atoms with van der Waals surface area (Å²) in [5.41, 5.74) is 0.509. The molecule has 0 saturated heterocycles. The molecule has 2 rings (SSSR count). The summed E-state index contributed by atoms with van der Waals surface area (Å²) >= 11 is 1.68. The van der Waals surface area contributed by atoms with E-state index in [4.69, 9.17) is 9.47 Å². The molecular weight excluding hydrogens is 368 g/mol. The molecule has 0 atom stereocenters. The minimum Gasteiger partial charge on any atom is -0.467 e. The van der Waals surface area contributed by atoms with E-state index in [1.807, 2.05) is 11.4 Å². The molecule has 0 unspecified atom stereocenters. The van der Waals surface area contributed by atoms with E-state index in [1.54, 1.807) is 23.5 Å². The van der Waals surface area contributed by atoms with Gasteiger partial charge in [0.1, 0.15) is 11.4 Å². The Morgan fingerprint density at radius 2 is 2.08 bits per heavy atom. The number of nitrogens with one attached hydrogen (secondary N) is 1. The molecule has 26 heavy (non-hydrogen) atoms. The van der Waals surface area contributed by atoms with Gasteiger partial charge < -0.3 is 14.8 Å². The van der Waals surface area contributed by atoms with Crippen molar-refractivity contribution in [1.29, 1.82) is 0 Å². The molecular formula is C18H26N2O4SSi. The van der Waals surface area contributed by atoms with Crippen LogP contribution in [0.3, 0.4) is 0 Å². The van der Waals surface area contributed by atoms with Gasteiger partial charge >= 0.3 is 0 Å². The third kappa shape index (κ3) is 7.15. The number of nitrogens with zero attached hydrogens (tertiary/aromatic N) is 1. The molecule has 1 aromatic heterocycles. The summed E-state index contributed by atoms with van der Waals surface area (Å²) in [6.07, 6.45) is 0.819. The Hall–Kier alpha value is -1.90. The zero-order valence-electron chi connectivity index (χ0n) is 15.5. The number of hydrogen-bond donors (Lipinski definition) is 1. The van der Waals surface area contributed by atoms with Crippen molar-refractivity contribution >= 4 is 30.8 Å². The van der Waals surface area contributed by atoms with Gasteiger partial charge in [-0.05, 0) is 30.0 Å².